The Morgan fingerprint density at radius 2 is 1.89 bits per heavy atom. The lowest BCUT2D eigenvalue weighted by Crippen LogP contribution is -2.15. The Kier molecular flexibility index (Phi) is 4.45. The van der Waals surface area contributed by atoms with Gasteiger partial charge in [0, 0.05) is 32.3 Å². The van der Waals surface area contributed by atoms with E-state index in [9.17, 15) is 18.0 Å². The molecule has 27 heavy (non-hydrogen) atoms. The van der Waals surface area contributed by atoms with Crippen molar-refractivity contribution in [1.29, 1.82) is 0 Å². The average molecular weight is 383 g/mol. The van der Waals surface area contributed by atoms with E-state index in [1.54, 1.807) is 24.9 Å². The minimum atomic E-state index is -4.70. The number of halogens is 3. The Morgan fingerprint density at radius 1 is 1.19 bits per heavy atom. The van der Waals surface area contributed by atoms with E-state index in [1.165, 1.54) is 7.05 Å². The van der Waals surface area contributed by atoms with Crippen LogP contribution in [-0.2, 0) is 37.9 Å². The maximum Gasteiger partial charge on any atom is 0.453 e. The first-order chi connectivity index (χ1) is 12.5. The smallest absolute Gasteiger partial charge is 0.369 e. The van der Waals surface area contributed by atoms with Gasteiger partial charge in [0.25, 0.3) is 11.8 Å². The van der Waals surface area contributed by atoms with Crippen LogP contribution in [0.4, 0.5) is 13.2 Å². The van der Waals surface area contributed by atoms with Gasteiger partial charge in [-0.1, -0.05) is 0 Å². The van der Waals surface area contributed by atoms with Gasteiger partial charge in [0.1, 0.15) is 5.82 Å². The lowest BCUT2D eigenvalue weighted by Gasteiger charge is -2.03. The van der Waals surface area contributed by atoms with Gasteiger partial charge in [0.2, 0.25) is 5.91 Å². The fourth-order valence-electron chi connectivity index (χ4n) is 2.57. The number of carbonyl (C=O) groups is 1. The van der Waals surface area contributed by atoms with E-state index in [0.29, 0.717) is 0 Å². The summed E-state index contributed by atoms with van der Waals surface area (Å²) >= 11 is 0. The first-order valence-electron chi connectivity index (χ1n) is 7.75. The molecular weight excluding hydrogens is 367 g/mol. The molecule has 0 spiro atoms. The van der Waals surface area contributed by atoms with Crippen LogP contribution in [0, 0.1) is 6.92 Å². The zero-order chi connectivity index (χ0) is 19.9. The van der Waals surface area contributed by atoms with Crippen LogP contribution in [0.3, 0.4) is 0 Å². The topological polar surface area (TPSA) is 122 Å². The Bertz CT molecular complexity index is 998. The van der Waals surface area contributed by atoms with Crippen molar-refractivity contribution in [2.45, 2.75) is 25.9 Å². The monoisotopic (exact) mass is 383 g/mol. The number of primary amides is 1. The highest BCUT2D eigenvalue weighted by Gasteiger charge is 2.37. The molecule has 2 N–H and O–H groups in total. The second-order valence-electron chi connectivity index (χ2n) is 5.95. The van der Waals surface area contributed by atoms with Gasteiger partial charge in [-0.3, -0.25) is 9.48 Å². The first-order valence-corrected chi connectivity index (χ1v) is 7.75. The molecule has 3 aromatic rings. The lowest BCUT2D eigenvalue weighted by atomic mass is 10.2. The third-order valence-corrected chi connectivity index (χ3v) is 3.70. The van der Waals surface area contributed by atoms with Crippen LogP contribution in [0.5, 0.6) is 0 Å². The molecule has 0 saturated heterocycles. The Balaban J connectivity index is 2.08. The van der Waals surface area contributed by atoms with Crippen LogP contribution < -0.4 is 5.73 Å². The summed E-state index contributed by atoms with van der Waals surface area (Å²) in [6.45, 7) is 1.80. The Labute approximate surface area is 150 Å². The standard InChI is InChI=1S/C14H16F3N9O/c1-7-8(6-24(2)21-7)4-11-19-10(5-9(18)27)22-26(11)13-20-12(14(15,16)17)23-25(13)3/h6H,4-5H2,1-3H3,(H2,18,27). The zero-order valence-electron chi connectivity index (χ0n) is 14.7. The van der Waals surface area contributed by atoms with Crippen molar-refractivity contribution in [3.8, 4) is 5.95 Å². The molecule has 1 amide bonds. The van der Waals surface area contributed by atoms with Gasteiger partial charge in [-0.25, -0.2) is 9.67 Å². The lowest BCUT2D eigenvalue weighted by molar-refractivity contribution is -0.145. The number of nitrogens with two attached hydrogens (primary N) is 1. The van der Waals surface area contributed by atoms with Gasteiger partial charge < -0.3 is 5.73 Å². The summed E-state index contributed by atoms with van der Waals surface area (Å²) in [5.74, 6) is -1.77. The number of alkyl halides is 3. The minimum Gasteiger partial charge on any atom is -0.369 e. The molecule has 0 atom stereocenters. The van der Waals surface area contributed by atoms with Crippen molar-refractivity contribution >= 4 is 5.91 Å². The highest BCUT2D eigenvalue weighted by atomic mass is 19.4. The molecule has 0 fully saturated rings. The maximum absolute atomic E-state index is 12.9. The molecule has 0 saturated carbocycles. The molecule has 0 aromatic carbocycles. The number of hydrogen-bond acceptors (Lipinski definition) is 6. The van der Waals surface area contributed by atoms with Crippen molar-refractivity contribution in [1.82, 2.24) is 39.3 Å². The van der Waals surface area contributed by atoms with Gasteiger partial charge in [-0.15, -0.1) is 10.2 Å². The summed E-state index contributed by atoms with van der Waals surface area (Å²) in [5, 5.41) is 11.7. The highest BCUT2D eigenvalue weighted by molar-refractivity contribution is 5.75. The molecule has 0 unspecified atom stereocenters. The largest absolute Gasteiger partial charge is 0.453 e. The van der Waals surface area contributed by atoms with E-state index >= 15 is 0 Å². The summed E-state index contributed by atoms with van der Waals surface area (Å²) in [6.07, 6.45) is -2.97. The predicted octanol–water partition coefficient (Wildman–Crippen LogP) is 0.0751. The molecule has 3 rings (SSSR count). The maximum atomic E-state index is 12.9. The van der Waals surface area contributed by atoms with E-state index in [2.05, 4.69) is 25.3 Å². The number of hydrogen-bond donors (Lipinski definition) is 1. The van der Waals surface area contributed by atoms with Gasteiger partial charge in [-0.05, 0) is 6.92 Å². The number of amides is 1. The molecule has 0 aliphatic carbocycles. The van der Waals surface area contributed by atoms with E-state index in [-0.39, 0.29) is 30.4 Å². The van der Waals surface area contributed by atoms with E-state index in [4.69, 9.17) is 5.73 Å². The molecule has 0 aliphatic rings. The second-order valence-corrected chi connectivity index (χ2v) is 5.95. The van der Waals surface area contributed by atoms with Crippen LogP contribution >= 0.6 is 0 Å². The summed E-state index contributed by atoms with van der Waals surface area (Å²) in [5.41, 5.74) is 6.70. The van der Waals surface area contributed by atoms with E-state index < -0.39 is 17.9 Å². The number of aryl methyl sites for hydroxylation is 3. The van der Waals surface area contributed by atoms with Crippen LogP contribution in [0.1, 0.15) is 28.7 Å². The highest BCUT2D eigenvalue weighted by Crippen LogP contribution is 2.27. The molecule has 0 radical (unpaired) electrons. The fourth-order valence-corrected chi connectivity index (χ4v) is 2.57. The fraction of sp³-hybridized carbons (Fsp3) is 0.429. The summed E-state index contributed by atoms with van der Waals surface area (Å²) in [6, 6.07) is 0. The number of rotatable bonds is 5. The van der Waals surface area contributed by atoms with Crippen molar-refractivity contribution in [2.75, 3.05) is 0 Å². The van der Waals surface area contributed by atoms with Crippen LogP contribution in [0.2, 0.25) is 0 Å². The number of nitrogens with zero attached hydrogens (tertiary/aromatic N) is 8. The van der Waals surface area contributed by atoms with Crippen LogP contribution in [0.25, 0.3) is 5.95 Å². The zero-order valence-corrected chi connectivity index (χ0v) is 14.7. The predicted molar refractivity (Wildman–Crippen MR) is 84.6 cm³/mol. The minimum absolute atomic E-state index is 0.0793. The second kappa shape index (κ2) is 6.48. The molecule has 0 bridgehead atoms. The number of carbonyl (C=O) groups excluding carboxylic acids is 1. The van der Waals surface area contributed by atoms with Crippen molar-refractivity contribution < 1.29 is 18.0 Å². The van der Waals surface area contributed by atoms with E-state index in [1.807, 2.05) is 0 Å². The molecule has 3 aromatic heterocycles. The molecule has 144 valence electrons. The quantitative estimate of drug-likeness (QED) is 0.666. The van der Waals surface area contributed by atoms with Crippen molar-refractivity contribution in [3.05, 3.63) is 34.9 Å². The number of aromatic nitrogens is 8. The summed E-state index contributed by atoms with van der Waals surface area (Å²) in [7, 11) is 3.06. The summed E-state index contributed by atoms with van der Waals surface area (Å²) in [4.78, 5) is 18.9. The first kappa shape index (κ1) is 18.5. The van der Waals surface area contributed by atoms with Gasteiger partial charge in [0.05, 0.1) is 12.1 Å². The Morgan fingerprint density at radius 3 is 2.41 bits per heavy atom. The molecule has 13 heteroatoms. The molecule has 10 nitrogen and oxygen atoms in total. The van der Waals surface area contributed by atoms with Crippen LogP contribution in [-0.4, -0.2) is 45.2 Å². The van der Waals surface area contributed by atoms with Gasteiger partial charge in [0.15, 0.2) is 5.82 Å². The normalized spacial score (nSPS) is 11.9. The van der Waals surface area contributed by atoms with Gasteiger partial charge in [-0.2, -0.15) is 27.9 Å². The SMILES string of the molecule is Cc1nn(C)cc1Cc1nc(CC(N)=O)nn1-c1nc(C(F)(F)F)nn1C. The van der Waals surface area contributed by atoms with Gasteiger partial charge >= 0.3 is 6.18 Å². The summed E-state index contributed by atoms with van der Waals surface area (Å²) < 4.78 is 42.5. The van der Waals surface area contributed by atoms with Crippen LogP contribution in [0.15, 0.2) is 6.20 Å². The average Bonchev–Trinajstić information content (AvgIpc) is 3.17. The van der Waals surface area contributed by atoms with Crippen molar-refractivity contribution in [3.63, 3.8) is 0 Å². The molecule has 0 aliphatic heterocycles. The Hall–Kier alpha value is -3.25. The molecular formula is C14H16F3N9O. The molecule has 3 heterocycles. The third-order valence-electron chi connectivity index (χ3n) is 3.70. The third kappa shape index (κ3) is 3.80. The van der Waals surface area contributed by atoms with E-state index in [0.717, 1.165) is 20.6 Å². The van der Waals surface area contributed by atoms with Crippen molar-refractivity contribution in [2.24, 2.45) is 19.8 Å².